The molecule has 0 aromatic heterocycles. The Balaban J connectivity index is 1.42. The van der Waals surface area contributed by atoms with E-state index in [0.717, 1.165) is 36.5 Å². The Morgan fingerprint density at radius 3 is 2.85 bits per heavy atom. The molecule has 1 unspecified atom stereocenters. The number of rotatable bonds is 6. The summed E-state index contributed by atoms with van der Waals surface area (Å²) < 4.78 is 0. The Morgan fingerprint density at radius 2 is 2.10 bits per heavy atom. The molecule has 0 spiro atoms. The largest absolute Gasteiger partial charge is 0.361 e. The van der Waals surface area contributed by atoms with E-state index in [1.165, 1.54) is 18.4 Å². The number of likely N-dealkylation sites (N-methyl/N-ethyl adjacent to an activating group) is 1. The van der Waals surface area contributed by atoms with E-state index in [9.17, 15) is 0 Å². The first-order valence-corrected chi connectivity index (χ1v) is 8.48. The highest BCUT2D eigenvalue weighted by Crippen LogP contribution is 2.24. The van der Waals surface area contributed by atoms with E-state index in [4.69, 9.17) is 4.99 Å². The topological polar surface area (TPSA) is 27.6 Å². The zero-order valence-electron chi connectivity index (χ0n) is 12.1. The van der Waals surface area contributed by atoms with Gasteiger partial charge < -0.3 is 10.2 Å². The lowest BCUT2D eigenvalue weighted by Crippen LogP contribution is -2.30. The van der Waals surface area contributed by atoms with Crippen LogP contribution < -0.4 is 5.32 Å². The molecule has 2 fully saturated rings. The van der Waals surface area contributed by atoms with Crippen molar-refractivity contribution in [1.29, 1.82) is 0 Å². The van der Waals surface area contributed by atoms with E-state index in [0.29, 0.717) is 6.04 Å². The smallest absolute Gasteiger partial charge is 0.156 e. The van der Waals surface area contributed by atoms with Crippen molar-refractivity contribution in [2.24, 2.45) is 4.99 Å². The first kappa shape index (κ1) is 14.0. The molecule has 0 amide bonds. The van der Waals surface area contributed by atoms with Gasteiger partial charge in [-0.25, -0.2) is 0 Å². The molecular weight excluding hydrogens is 266 g/mol. The molecule has 1 heterocycles. The van der Waals surface area contributed by atoms with Crippen LogP contribution in [0.15, 0.2) is 35.3 Å². The first-order chi connectivity index (χ1) is 9.81. The average molecular weight is 289 g/mol. The van der Waals surface area contributed by atoms with Crippen LogP contribution in [0.4, 0.5) is 0 Å². The Hall–Kier alpha value is -1.00. The normalized spacial score (nSPS) is 24.3. The molecule has 1 aliphatic heterocycles. The van der Waals surface area contributed by atoms with Crippen molar-refractivity contribution in [1.82, 2.24) is 10.2 Å². The Labute approximate surface area is 125 Å². The highest BCUT2D eigenvalue weighted by Gasteiger charge is 2.25. The number of nitrogens with one attached hydrogen (secondary N) is 1. The molecule has 0 bridgehead atoms. The fourth-order valence-electron chi connectivity index (χ4n) is 2.54. The van der Waals surface area contributed by atoms with Crippen LogP contribution in [0.3, 0.4) is 0 Å². The fourth-order valence-corrected chi connectivity index (χ4v) is 3.54. The van der Waals surface area contributed by atoms with Crippen LogP contribution in [0.5, 0.6) is 0 Å². The van der Waals surface area contributed by atoms with Crippen molar-refractivity contribution in [3.63, 3.8) is 0 Å². The van der Waals surface area contributed by atoms with Gasteiger partial charge in [-0.15, -0.1) is 0 Å². The third-order valence-corrected chi connectivity index (χ3v) is 5.04. The minimum absolute atomic E-state index is 0.530. The molecule has 1 aromatic carbocycles. The SMILES string of the molecule is CN(CCN=C1NC(Cc2ccccc2)CS1)C1CC1. The van der Waals surface area contributed by atoms with Gasteiger partial charge in [0.15, 0.2) is 5.17 Å². The van der Waals surface area contributed by atoms with Gasteiger partial charge in [-0.3, -0.25) is 4.99 Å². The maximum atomic E-state index is 4.69. The maximum Gasteiger partial charge on any atom is 0.156 e. The fraction of sp³-hybridized carbons (Fsp3) is 0.562. The minimum Gasteiger partial charge on any atom is -0.361 e. The Morgan fingerprint density at radius 1 is 1.30 bits per heavy atom. The number of thioether (sulfide) groups is 1. The first-order valence-electron chi connectivity index (χ1n) is 7.49. The lowest BCUT2D eigenvalue weighted by atomic mass is 10.1. The van der Waals surface area contributed by atoms with Crippen molar-refractivity contribution in [2.75, 3.05) is 25.9 Å². The van der Waals surface area contributed by atoms with Gasteiger partial charge in [0.2, 0.25) is 0 Å². The molecule has 1 saturated carbocycles. The number of aliphatic imine (C=N–C) groups is 1. The van der Waals surface area contributed by atoms with E-state index in [2.05, 4.69) is 47.6 Å². The number of benzene rings is 1. The number of amidine groups is 1. The molecule has 20 heavy (non-hydrogen) atoms. The zero-order valence-corrected chi connectivity index (χ0v) is 12.9. The summed E-state index contributed by atoms with van der Waals surface area (Å²) in [6.07, 6.45) is 3.84. The number of hydrogen-bond donors (Lipinski definition) is 1. The molecular formula is C16H23N3S. The van der Waals surface area contributed by atoms with Crippen LogP contribution in [0.25, 0.3) is 0 Å². The number of hydrogen-bond acceptors (Lipinski definition) is 3. The van der Waals surface area contributed by atoms with Gasteiger partial charge in [-0.2, -0.15) is 0 Å². The van der Waals surface area contributed by atoms with Crippen LogP contribution in [0, 0.1) is 0 Å². The third kappa shape index (κ3) is 4.00. The molecule has 108 valence electrons. The van der Waals surface area contributed by atoms with Gasteiger partial charge in [0.05, 0.1) is 6.54 Å². The quantitative estimate of drug-likeness (QED) is 0.871. The summed E-state index contributed by atoms with van der Waals surface area (Å²) in [5, 5.41) is 4.69. The monoisotopic (exact) mass is 289 g/mol. The van der Waals surface area contributed by atoms with Gasteiger partial charge in [0.25, 0.3) is 0 Å². The summed E-state index contributed by atoms with van der Waals surface area (Å²) >= 11 is 1.87. The van der Waals surface area contributed by atoms with E-state index >= 15 is 0 Å². The maximum absolute atomic E-state index is 4.69. The van der Waals surface area contributed by atoms with Crippen LogP contribution in [-0.2, 0) is 6.42 Å². The summed E-state index contributed by atoms with van der Waals surface area (Å²) in [6.45, 7) is 2.00. The van der Waals surface area contributed by atoms with E-state index in [1.54, 1.807) is 0 Å². The molecule has 1 saturated heterocycles. The summed E-state index contributed by atoms with van der Waals surface area (Å²) in [6, 6.07) is 12.1. The molecule has 3 nitrogen and oxygen atoms in total. The third-order valence-electron chi connectivity index (χ3n) is 3.95. The van der Waals surface area contributed by atoms with Gasteiger partial charge >= 0.3 is 0 Å². The molecule has 1 atom stereocenters. The van der Waals surface area contributed by atoms with Crippen molar-refractivity contribution in [3.05, 3.63) is 35.9 Å². The summed E-state index contributed by atoms with van der Waals surface area (Å²) in [7, 11) is 2.21. The summed E-state index contributed by atoms with van der Waals surface area (Å²) in [4.78, 5) is 7.13. The van der Waals surface area contributed by atoms with Gasteiger partial charge in [0, 0.05) is 24.4 Å². The molecule has 4 heteroatoms. The Bertz CT molecular complexity index is 456. The lowest BCUT2D eigenvalue weighted by molar-refractivity contribution is 0.334. The summed E-state index contributed by atoms with van der Waals surface area (Å²) in [5.41, 5.74) is 1.40. The van der Waals surface area contributed by atoms with Crippen molar-refractivity contribution in [3.8, 4) is 0 Å². The van der Waals surface area contributed by atoms with Gasteiger partial charge in [-0.05, 0) is 31.9 Å². The van der Waals surface area contributed by atoms with Gasteiger partial charge in [-0.1, -0.05) is 42.1 Å². The van der Waals surface area contributed by atoms with E-state index < -0.39 is 0 Å². The van der Waals surface area contributed by atoms with Crippen molar-refractivity contribution in [2.45, 2.75) is 31.3 Å². The van der Waals surface area contributed by atoms with E-state index in [-0.39, 0.29) is 0 Å². The lowest BCUT2D eigenvalue weighted by Gasteiger charge is -2.13. The second kappa shape index (κ2) is 6.64. The predicted octanol–water partition coefficient (Wildman–Crippen LogP) is 2.38. The Kier molecular flexibility index (Phi) is 4.63. The van der Waals surface area contributed by atoms with Crippen molar-refractivity contribution >= 4 is 16.9 Å². The van der Waals surface area contributed by atoms with Crippen LogP contribution >= 0.6 is 11.8 Å². The van der Waals surface area contributed by atoms with Crippen LogP contribution in [0.2, 0.25) is 0 Å². The molecule has 1 aliphatic carbocycles. The molecule has 1 aromatic rings. The highest BCUT2D eigenvalue weighted by molar-refractivity contribution is 8.14. The standard InChI is InChI=1S/C16H23N3S/c1-19(15-7-8-15)10-9-17-16-18-14(12-20-16)11-13-5-3-2-4-6-13/h2-6,14-15H,7-12H2,1H3,(H,17,18). The van der Waals surface area contributed by atoms with Crippen molar-refractivity contribution < 1.29 is 0 Å². The second-order valence-electron chi connectivity index (χ2n) is 5.74. The molecule has 1 N–H and O–H groups in total. The van der Waals surface area contributed by atoms with Crippen LogP contribution in [0.1, 0.15) is 18.4 Å². The number of nitrogens with zero attached hydrogens (tertiary/aromatic N) is 2. The minimum atomic E-state index is 0.530. The van der Waals surface area contributed by atoms with E-state index in [1.807, 2.05) is 11.8 Å². The second-order valence-corrected chi connectivity index (χ2v) is 6.75. The predicted molar refractivity (Wildman–Crippen MR) is 87.5 cm³/mol. The molecule has 3 rings (SSSR count). The van der Waals surface area contributed by atoms with Gasteiger partial charge in [0.1, 0.15) is 0 Å². The summed E-state index contributed by atoms with van der Waals surface area (Å²) in [5.74, 6) is 1.13. The molecule has 2 aliphatic rings. The highest BCUT2D eigenvalue weighted by atomic mass is 32.2. The average Bonchev–Trinajstić information content (AvgIpc) is 3.23. The zero-order chi connectivity index (χ0) is 13.8. The van der Waals surface area contributed by atoms with Crippen LogP contribution in [-0.4, -0.2) is 48.0 Å². The molecule has 0 radical (unpaired) electrons.